The molecule has 1 aliphatic rings. The lowest BCUT2D eigenvalue weighted by Gasteiger charge is -2.34. The number of benzene rings is 1. The minimum Gasteiger partial charge on any atom is -0.348 e. The Balaban J connectivity index is 1.64. The number of nitrogens with zero attached hydrogens (tertiary/aromatic N) is 3. The number of hydrogen-bond acceptors (Lipinski definition) is 3. The number of aryl methyl sites for hydroxylation is 1. The molecule has 1 saturated heterocycles. The molecule has 0 amide bonds. The summed E-state index contributed by atoms with van der Waals surface area (Å²) >= 11 is 0. The quantitative estimate of drug-likeness (QED) is 0.778. The number of hydrogen-bond donors (Lipinski definition) is 2. The fraction of sp³-hybridized carbons (Fsp3) is 0.412. The average molecular weight is 313 g/mol. The normalized spacial score (nSPS) is 19.5. The number of imidazole rings is 2. The van der Waals surface area contributed by atoms with E-state index in [0.29, 0.717) is 0 Å². The van der Waals surface area contributed by atoms with E-state index in [1.165, 1.54) is 25.0 Å². The molecule has 4 rings (SSSR count). The largest absolute Gasteiger partial charge is 0.348 e. The third kappa shape index (κ3) is 2.74. The van der Waals surface area contributed by atoms with Gasteiger partial charge in [-0.2, -0.15) is 0 Å². The van der Waals surface area contributed by atoms with Crippen molar-refractivity contribution in [2.75, 3.05) is 6.54 Å². The van der Waals surface area contributed by atoms with E-state index in [9.17, 15) is 4.39 Å². The van der Waals surface area contributed by atoms with Crippen molar-refractivity contribution < 1.29 is 4.39 Å². The molecule has 1 atom stereocenters. The molecule has 1 fully saturated rings. The number of nitrogens with one attached hydrogen (secondary N) is 2. The van der Waals surface area contributed by atoms with Crippen molar-refractivity contribution in [1.82, 2.24) is 24.8 Å². The van der Waals surface area contributed by atoms with Gasteiger partial charge < -0.3 is 9.97 Å². The van der Waals surface area contributed by atoms with Crippen LogP contribution in [-0.4, -0.2) is 31.4 Å². The van der Waals surface area contributed by atoms with Crippen LogP contribution in [0.25, 0.3) is 11.0 Å². The van der Waals surface area contributed by atoms with Crippen LogP contribution >= 0.6 is 0 Å². The molecule has 0 radical (unpaired) electrons. The van der Waals surface area contributed by atoms with E-state index in [-0.39, 0.29) is 11.9 Å². The third-order valence-electron chi connectivity index (χ3n) is 4.68. The van der Waals surface area contributed by atoms with Gasteiger partial charge in [0.25, 0.3) is 0 Å². The Morgan fingerprint density at radius 1 is 1.35 bits per heavy atom. The molecule has 2 N–H and O–H groups in total. The van der Waals surface area contributed by atoms with E-state index in [4.69, 9.17) is 0 Å². The number of piperidine rings is 1. The van der Waals surface area contributed by atoms with Crippen LogP contribution in [0.5, 0.6) is 0 Å². The summed E-state index contributed by atoms with van der Waals surface area (Å²) in [5.74, 6) is 0.693. The number of halogens is 1. The zero-order valence-corrected chi connectivity index (χ0v) is 13.1. The van der Waals surface area contributed by atoms with Crippen LogP contribution in [0.15, 0.2) is 24.5 Å². The van der Waals surface area contributed by atoms with Crippen LogP contribution in [0.4, 0.5) is 4.39 Å². The highest BCUT2D eigenvalue weighted by Gasteiger charge is 2.27. The Hall–Kier alpha value is -2.21. The molecule has 3 aromatic rings. The van der Waals surface area contributed by atoms with Gasteiger partial charge in [-0.15, -0.1) is 0 Å². The van der Waals surface area contributed by atoms with Crippen molar-refractivity contribution in [3.63, 3.8) is 0 Å². The van der Waals surface area contributed by atoms with Crippen molar-refractivity contribution in [2.45, 2.75) is 38.8 Å². The SMILES string of the molecule is Cc1[nH]cnc1CN1CCCCC1c1nc2ccc(F)cc2[nH]1. The first-order valence-corrected chi connectivity index (χ1v) is 8.09. The van der Waals surface area contributed by atoms with Crippen LogP contribution in [0, 0.1) is 12.7 Å². The zero-order chi connectivity index (χ0) is 15.8. The molecule has 0 aliphatic carbocycles. The standard InChI is InChI=1S/C17H20FN5/c1-11-15(20-10-19-11)9-23-7-3-2-4-16(23)17-21-13-6-5-12(18)8-14(13)22-17/h5-6,8,10,16H,2-4,7,9H2,1H3,(H,19,20)(H,21,22). The van der Waals surface area contributed by atoms with E-state index >= 15 is 0 Å². The molecule has 2 aromatic heterocycles. The average Bonchev–Trinajstić information content (AvgIpc) is 3.14. The highest BCUT2D eigenvalue weighted by molar-refractivity contribution is 5.75. The molecule has 1 aliphatic heterocycles. The lowest BCUT2D eigenvalue weighted by atomic mass is 10.0. The smallest absolute Gasteiger partial charge is 0.125 e. The summed E-state index contributed by atoms with van der Waals surface area (Å²) in [7, 11) is 0. The van der Waals surface area contributed by atoms with Crippen molar-refractivity contribution in [3.8, 4) is 0 Å². The molecule has 1 unspecified atom stereocenters. The first-order chi connectivity index (χ1) is 11.2. The maximum absolute atomic E-state index is 13.4. The molecule has 5 nitrogen and oxygen atoms in total. The maximum atomic E-state index is 13.4. The minimum atomic E-state index is -0.236. The topological polar surface area (TPSA) is 60.6 Å². The number of rotatable bonds is 3. The van der Waals surface area contributed by atoms with Crippen molar-refractivity contribution in [2.24, 2.45) is 0 Å². The van der Waals surface area contributed by atoms with Crippen molar-refractivity contribution in [3.05, 3.63) is 47.6 Å². The second-order valence-electron chi connectivity index (χ2n) is 6.24. The molecule has 23 heavy (non-hydrogen) atoms. The van der Waals surface area contributed by atoms with Crippen LogP contribution in [0.2, 0.25) is 0 Å². The van der Waals surface area contributed by atoms with Crippen LogP contribution in [0.3, 0.4) is 0 Å². The summed E-state index contributed by atoms with van der Waals surface area (Å²) < 4.78 is 13.4. The van der Waals surface area contributed by atoms with Gasteiger partial charge in [0.1, 0.15) is 11.6 Å². The first kappa shape index (κ1) is 14.4. The summed E-state index contributed by atoms with van der Waals surface area (Å²) in [6.45, 7) is 3.89. The molecule has 0 spiro atoms. The van der Waals surface area contributed by atoms with Crippen molar-refractivity contribution >= 4 is 11.0 Å². The van der Waals surface area contributed by atoms with Crippen LogP contribution < -0.4 is 0 Å². The molecule has 120 valence electrons. The summed E-state index contributed by atoms with van der Waals surface area (Å²) in [6.07, 6.45) is 5.18. The summed E-state index contributed by atoms with van der Waals surface area (Å²) in [5, 5.41) is 0. The fourth-order valence-corrected chi connectivity index (χ4v) is 3.39. The van der Waals surface area contributed by atoms with E-state index in [1.54, 1.807) is 12.4 Å². The van der Waals surface area contributed by atoms with E-state index < -0.39 is 0 Å². The predicted octanol–water partition coefficient (Wildman–Crippen LogP) is 3.46. The molecule has 0 bridgehead atoms. The van der Waals surface area contributed by atoms with Gasteiger partial charge in [-0.3, -0.25) is 4.90 Å². The van der Waals surface area contributed by atoms with Crippen LogP contribution in [-0.2, 0) is 6.54 Å². The first-order valence-electron chi connectivity index (χ1n) is 8.09. The van der Waals surface area contributed by atoms with Gasteiger partial charge in [0.05, 0.1) is 29.1 Å². The summed E-state index contributed by atoms with van der Waals surface area (Å²) in [6, 6.07) is 4.93. The number of aromatic amines is 2. The second-order valence-corrected chi connectivity index (χ2v) is 6.24. The van der Waals surface area contributed by atoms with Gasteiger partial charge in [0, 0.05) is 12.2 Å². The van der Waals surface area contributed by atoms with Gasteiger partial charge >= 0.3 is 0 Å². The Kier molecular flexibility index (Phi) is 3.61. The molecule has 0 saturated carbocycles. The van der Waals surface area contributed by atoms with E-state index in [1.807, 2.05) is 6.92 Å². The Morgan fingerprint density at radius 2 is 2.26 bits per heavy atom. The van der Waals surface area contributed by atoms with Gasteiger partial charge in [-0.1, -0.05) is 6.42 Å². The van der Waals surface area contributed by atoms with E-state index in [2.05, 4.69) is 24.8 Å². The van der Waals surface area contributed by atoms with Crippen molar-refractivity contribution in [1.29, 1.82) is 0 Å². The lowest BCUT2D eigenvalue weighted by Crippen LogP contribution is -2.33. The Labute approximate surface area is 134 Å². The Morgan fingerprint density at radius 3 is 3.09 bits per heavy atom. The minimum absolute atomic E-state index is 0.232. The molecule has 1 aromatic carbocycles. The summed E-state index contributed by atoms with van der Waals surface area (Å²) in [4.78, 5) is 18.0. The number of fused-ring (bicyclic) bond motifs is 1. The second kappa shape index (κ2) is 5.77. The lowest BCUT2D eigenvalue weighted by molar-refractivity contribution is 0.133. The fourth-order valence-electron chi connectivity index (χ4n) is 3.39. The van der Waals surface area contributed by atoms with E-state index in [0.717, 1.165) is 47.8 Å². The number of likely N-dealkylation sites (tertiary alicyclic amines) is 1. The molecular weight excluding hydrogens is 293 g/mol. The highest BCUT2D eigenvalue weighted by atomic mass is 19.1. The zero-order valence-electron chi connectivity index (χ0n) is 13.1. The van der Waals surface area contributed by atoms with Crippen LogP contribution in [0.1, 0.15) is 42.5 Å². The Bertz CT molecular complexity index is 821. The van der Waals surface area contributed by atoms with Gasteiger partial charge in [-0.25, -0.2) is 14.4 Å². The number of aromatic nitrogens is 4. The molecular formula is C17H20FN5. The third-order valence-corrected chi connectivity index (χ3v) is 4.68. The van der Waals surface area contributed by atoms with Gasteiger partial charge in [-0.05, 0) is 44.5 Å². The van der Waals surface area contributed by atoms with Gasteiger partial charge in [0.15, 0.2) is 0 Å². The highest BCUT2D eigenvalue weighted by Crippen LogP contribution is 2.31. The summed E-state index contributed by atoms with van der Waals surface area (Å²) in [5.41, 5.74) is 3.78. The van der Waals surface area contributed by atoms with Gasteiger partial charge in [0.2, 0.25) is 0 Å². The number of H-pyrrole nitrogens is 2. The molecule has 3 heterocycles. The maximum Gasteiger partial charge on any atom is 0.125 e. The predicted molar refractivity (Wildman–Crippen MR) is 86.4 cm³/mol. The molecule has 6 heteroatoms. The monoisotopic (exact) mass is 313 g/mol.